The number of nitrogens with zero attached hydrogens (tertiary/aromatic N) is 1. The molecule has 0 aliphatic carbocycles. The lowest BCUT2D eigenvalue weighted by molar-refractivity contribution is 0.968. The molecule has 0 unspecified atom stereocenters. The lowest BCUT2D eigenvalue weighted by Gasteiger charge is -2.05. The minimum Gasteiger partial charge on any atom is -0.331 e. The van der Waals surface area contributed by atoms with E-state index in [2.05, 4.69) is 42.7 Å². The van der Waals surface area contributed by atoms with E-state index in [0.717, 1.165) is 18.5 Å². The standard InChI is InChI=1S/C17H23N3S/c1-14(2)8-7-9-15(3)12-13-18-20-17(21)19-16-10-5-4-6-11-16/h4-6,8,10-13H,7,9H2,1-3H3,(H2,19,20,21)/b15-12+,18-13-. The van der Waals surface area contributed by atoms with Gasteiger partial charge >= 0.3 is 0 Å². The average Bonchev–Trinajstić information content (AvgIpc) is 2.44. The van der Waals surface area contributed by atoms with Crippen LogP contribution in [-0.4, -0.2) is 11.3 Å². The predicted octanol–water partition coefficient (Wildman–Crippen LogP) is 4.65. The van der Waals surface area contributed by atoms with Crippen LogP contribution < -0.4 is 10.7 Å². The van der Waals surface area contributed by atoms with E-state index in [0.29, 0.717) is 5.11 Å². The van der Waals surface area contributed by atoms with Crippen LogP contribution in [0.25, 0.3) is 0 Å². The van der Waals surface area contributed by atoms with Gasteiger partial charge in [-0.2, -0.15) is 5.10 Å². The van der Waals surface area contributed by atoms with Gasteiger partial charge in [0.15, 0.2) is 5.11 Å². The van der Waals surface area contributed by atoms with Crippen LogP contribution in [0.5, 0.6) is 0 Å². The minimum atomic E-state index is 0.480. The summed E-state index contributed by atoms with van der Waals surface area (Å²) >= 11 is 5.15. The topological polar surface area (TPSA) is 36.4 Å². The highest BCUT2D eigenvalue weighted by atomic mass is 32.1. The molecule has 0 fully saturated rings. The maximum absolute atomic E-state index is 5.15. The van der Waals surface area contributed by atoms with Crippen LogP contribution in [0.1, 0.15) is 33.6 Å². The molecule has 0 spiro atoms. The fraction of sp³-hybridized carbons (Fsp3) is 0.294. The first kappa shape index (κ1) is 17.1. The number of anilines is 1. The largest absolute Gasteiger partial charge is 0.331 e. The van der Waals surface area contributed by atoms with Gasteiger partial charge in [-0.25, -0.2) is 0 Å². The molecule has 0 heterocycles. The van der Waals surface area contributed by atoms with Crippen LogP contribution in [0.4, 0.5) is 5.69 Å². The van der Waals surface area contributed by atoms with Gasteiger partial charge in [-0.3, -0.25) is 5.43 Å². The van der Waals surface area contributed by atoms with E-state index in [1.807, 2.05) is 36.4 Å². The Hall–Kier alpha value is -1.94. The molecule has 0 amide bonds. The normalized spacial score (nSPS) is 11.3. The minimum absolute atomic E-state index is 0.480. The molecular formula is C17H23N3S. The quantitative estimate of drug-likeness (QED) is 0.347. The molecule has 0 aromatic heterocycles. The molecule has 2 N–H and O–H groups in total. The van der Waals surface area contributed by atoms with Crippen molar-refractivity contribution in [3.63, 3.8) is 0 Å². The van der Waals surface area contributed by atoms with Crippen molar-refractivity contribution >= 4 is 29.2 Å². The molecule has 1 aromatic rings. The van der Waals surface area contributed by atoms with Gasteiger partial charge in [0.05, 0.1) is 0 Å². The molecule has 4 heteroatoms. The van der Waals surface area contributed by atoms with Crippen molar-refractivity contribution in [3.8, 4) is 0 Å². The van der Waals surface area contributed by atoms with Crippen molar-refractivity contribution in [2.24, 2.45) is 5.10 Å². The number of benzene rings is 1. The number of nitrogens with one attached hydrogen (secondary N) is 2. The van der Waals surface area contributed by atoms with Gasteiger partial charge < -0.3 is 5.32 Å². The molecule has 0 saturated carbocycles. The van der Waals surface area contributed by atoms with E-state index < -0.39 is 0 Å². The van der Waals surface area contributed by atoms with Crippen molar-refractivity contribution in [1.82, 2.24) is 5.43 Å². The second kappa shape index (κ2) is 9.88. The van der Waals surface area contributed by atoms with E-state index in [-0.39, 0.29) is 0 Å². The van der Waals surface area contributed by atoms with Crippen LogP contribution in [0.3, 0.4) is 0 Å². The third kappa shape index (κ3) is 8.76. The van der Waals surface area contributed by atoms with Gasteiger partial charge in [0.2, 0.25) is 0 Å². The first-order chi connectivity index (χ1) is 10.1. The zero-order valence-corrected chi connectivity index (χ0v) is 13.7. The van der Waals surface area contributed by atoms with Gasteiger partial charge in [-0.1, -0.05) is 35.4 Å². The SMILES string of the molecule is CC(C)=CCC/C(C)=C/C=N\NC(=S)Nc1ccccc1. The average molecular weight is 301 g/mol. The molecule has 1 rings (SSSR count). The van der Waals surface area contributed by atoms with E-state index in [1.165, 1.54) is 11.1 Å². The molecule has 0 bridgehead atoms. The molecule has 0 aliphatic heterocycles. The molecular weight excluding hydrogens is 278 g/mol. The molecule has 0 saturated heterocycles. The summed E-state index contributed by atoms with van der Waals surface area (Å²) in [6.45, 7) is 6.33. The van der Waals surface area contributed by atoms with Crippen LogP contribution in [0.2, 0.25) is 0 Å². The van der Waals surface area contributed by atoms with Crippen LogP contribution in [0, 0.1) is 0 Å². The Labute approximate surface area is 132 Å². The summed E-state index contributed by atoms with van der Waals surface area (Å²) in [4.78, 5) is 0. The molecule has 1 aromatic carbocycles. The van der Waals surface area contributed by atoms with Crippen LogP contribution >= 0.6 is 12.2 Å². The summed E-state index contributed by atoms with van der Waals surface area (Å²) < 4.78 is 0. The van der Waals surface area contributed by atoms with Gasteiger partial charge in [-0.15, -0.1) is 0 Å². The highest BCUT2D eigenvalue weighted by Crippen LogP contribution is 2.06. The number of hydrazone groups is 1. The maximum Gasteiger partial charge on any atom is 0.191 e. The molecule has 0 atom stereocenters. The number of hydrogen-bond donors (Lipinski definition) is 2. The first-order valence-electron chi connectivity index (χ1n) is 7.02. The summed E-state index contributed by atoms with van der Waals surface area (Å²) in [7, 11) is 0. The van der Waals surface area contributed by atoms with Gasteiger partial charge in [-0.05, 0) is 64.0 Å². The Balaban J connectivity index is 2.30. The zero-order chi connectivity index (χ0) is 15.5. The van der Waals surface area contributed by atoms with Gasteiger partial charge in [0.25, 0.3) is 0 Å². The highest BCUT2D eigenvalue weighted by molar-refractivity contribution is 7.80. The van der Waals surface area contributed by atoms with E-state index in [1.54, 1.807) is 6.21 Å². The third-order valence-corrected chi connectivity index (χ3v) is 2.92. The van der Waals surface area contributed by atoms with Crippen LogP contribution in [-0.2, 0) is 0 Å². The number of para-hydroxylation sites is 1. The van der Waals surface area contributed by atoms with Crippen molar-refractivity contribution in [1.29, 1.82) is 0 Å². The Morgan fingerprint density at radius 2 is 1.90 bits per heavy atom. The molecule has 21 heavy (non-hydrogen) atoms. The van der Waals surface area contributed by atoms with E-state index >= 15 is 0 Å². The Morgan fingerprint density at radius 1 is 1.19 bits per heavy atom. The number of allylic oxidation sites excluding steroid dienone is 4. The lowest BCUT2D eigenvalue weighted by atomic mass is 10.1. The fourth-order valence-corrected chi connectivity index (χ4v) is 1.78. The smallest absolute Gasteiger partial charge is 0.191 e. The summed E-state index contributed by atoms with van der Waals surface area (Å²) in [5, 5.41) is 7.61. The molecule has 3 nitrogen and oxygen atoms in total. The fourth-order valence-electron chi connectivity index (χ4n) is 1.61. The summed E-state index contributed by atoms with van der Waals surface area (Å²) in [5.41, 5.74) is 6.39. The molecule has 0 radical (unpaired) electrons. The summed E-state index contributed by atoms with van der Waals surface area (Å²) in [6.07, 6.45) is 8.09. The highest BCUT2D eigenvalue weighted by Gasteiger charge is 1.93. The van der Waals surface area contributed by atoms with E-state index in [4.69, 9.17) is 12.2 Å². The first-order valence-corrected chi connectivity index (χ1v) is 7.43. The number of rotatable bonds is 6. The Bertz CT molecular complexity index is 526. The Morgan fingerprint density at radius 3 is 2.57 bits per heavy atom. The van der Waals surface area contributed by atoms with Gasteiger partial charge in [0.1, 0.15) is 0 Å². The number of thiocarbonyl (C=S) groups is 1. The van der Waals surface area contributed by atoms with Crippen molar-refractivity contribution in [3.05, 3.63) is 53.6 Å². The van der Waals surface area contributed by atoms with Gasteiger partial charge in [0, 0.05) is 11.9 Å². The predicted molar refractivity (Wildman–Crippen MR) is 96.7 cm³/mol. The van der Waals surface area contributed by atoms with Crippen LogP contribution in [0.15, 0.2) is 58.7 Å². The maximum atomic E-state index is 5.15. The van der Waals surface area contributed by atoms with Crippen molar-refractivity contribution in [2.75, 3.05) is 5.32 Å². The summed E-state index contributed by atoms with van der Waals surface area (Å²) in [5.74, 6) is 0. The van der Waals surface area contributed by atoms with E-state index in [9.17, 15) is 0 Å². The second-order valence-corrected chi connectivity index (χ2v) is 5.45. The summed E-state index contributed by atoms with van der Waals surface area (Å²) in [6, 6.07) is 9.76. The monoisotopic (exact) mass is 301 g/mol. The molecule has 0 aliphatic rings. The zero-order valence-electron chi connectivity index (χ0n) is 12.9. The second-order valence-electron chi connectivity index (χ2n) is 5.04. The molecule has 112 valence electrons. The number of hydrogen-bond acceptors (Lipinski definition) is 2. The third-order valence-electron chi connectivity index (χ3n) is 2.72. The van der Waals surface area contributed by atoms with Crippen molar-refractivity contribution < 1.29 is 0 Å². The van der Waals surface area contributed by atoms with Crippen molar-refractivity contribution in [2.45, 2.75) is 33.6 Å². The lowest BCUT2D eigenvalue weighted by Crippen LogP contribution is -2.23. The Kier molecular flexibility index (Phi) is 8.05.